The van der Waals surface area contributed by atoms with Gasteiger partial charge < -0.3 is 9.80 Å². The Hall–Kier alpha value is -0.980. The summed E-state index contributed by atoms with van der Waals surface area (Å²) in [6, 6.07) is -0.147. The van der Waals surface area contributed by atoms with Crippen LogP contribution < -0.4 is 0 Å². The maximum atomic E-state index is 12.1. The molecule has 0 aromatic carbocycles. The van der Waals surface area contributed by atoms with Crippen molar-refractivity contribution in [3.05, 3.63) is 0 Å². The lowest BCUT2D eigenvalue weighted by atomic mass is 10.3. The molecule has 2 amide bonds. The van der Waals surface area contributed by atoms with E-state index in [-0.39, 0.29) is 19.1 Å². The fourth-order valence-corrected chi connectivity index (χ4v) is 1.63. The van der Waals surface area contributed by atoms with Gasteiger partial charge in [-0.25, -0.2) is 4.79 Å². The Morgan fingerprint density at radius 2 is 1.69 bits per heavy atom. The number of alkyl halides is 3. The molecule has 1 aliphatic rings. The molecule has 1 rings (SSSR count). The van der Waals surface area contributed by atoms with Crippen LogP contribution in [0.15, 0.2) is 0 Å². The van der Waals surface area contributed by atoms with Gasteiger partial charge >= 0.3 is 12.2 Å². The zero-order valence-corrected chi connectivity index (χ0v) is 9.42. The number of nitrogens with zero attached hydrogens (tertiary/aromatic N) is 3. The van der Waals surface area contributed by atoms with E-state index in [2.05, 4.69) is 0 Å². The second kappa shape index (κ2) is 4.90. The minimum absolute atomic E-state index is 0.147. The standard InChI is InChI=1S/C9H16F3N3O/c1-13(2)8(16)15-5-3-14(4-6-15)7-9(10,11)12/h3-7H2,1-2H3. The lowest BCUT2D eigenvalue weighted by Gasteiger charge is -2.36. The van der Waals surface area contributed by atoms with Crippen LogP contribution in [0.4, 0.5) is 18.0 Å². The second-order valence-electron chi connectivity index (χ2n) is 4.06. The summed E-state index contributed by atoms with van der Waals surface area (Å²) in [6.07, 6.45) is -4.16. The molecule has 0 atom stereocenters. The first kappa shape index (κ1) is 13.1. The predicted molar refractivity (Wildman–Crippen MR) is 53.2 cm³/mol. The van der Waals surface area contributed by atoms with Crippen molar-refractivity contribution in [1.82, 2.24) is 14.7 Å². The first-order chi connectivity index (χ1) is 7.29. The molecule has 0 aliphatic carbocycles. The van der Waals surface area contributed by atoms with Gasteiger partial charge in [-0.3, -0.25) is 4.90 Å². The fraction of sp³-hybridized carbons (Fsp3) is 0.889. The van der Waals surface area contributed by atoms with Crippen LogP contribution in [0.2, 0.25) is 0 Å². The molecule has 1 heterocycles. The van der Waals surface area contributed by atoms with Gasteiger partial charge in [0.1, 0.15) is 0 Å². The average Bonchev–Trinajstić information content (AvgIpc) is 2.15. The molecule has 0 N–H and O–H groups in total. The highest BCUT2D eigenvalue weighted by Crippen LogP contribution is 2.17. The van der Waals surface area contributed by atoms with Gasteiger partial charge in [0.25, 0.3) is 0 Å². The zero-order chi connectivity index (χ0) is 12.3. The van der Waals surface area contributed by atoms with Gasteiger partial charge in [-0.2, -0.15) is 13.2 Å². The molecule has 0 bridgehead atoms. The van der Waals surface area contributed by atoms with Crippen LogP contribution >= 0.6 is 0 Å². The summed E-state index contributed by atoms with van der Waals surface area (Å²) in [7, 11) is 3.26. The third kappa shape index (κ3) is 3.88. The van der Waals surface area contributed by atoms with Gasteiger partial charge in [-0.05, 0) is 0 Å². The van der Waals surface area contributed by atoms with Gasteiger partial charge in [0.2, 0.25) is 0 Å². The summed E-state index contributed by atoms with van der Waals surface area (Å²) < 4.78 is 36.3. The van der Waals surface area contributed by atoms with Crippen molar-refractivity contribution >= 4 is 6.03 Å². The summed E-state index contributed by atoms with van der Waals surface area (Å²) in [5.74, 6) is 0. The van der Waals surface area contributed by atoms with Crippen LogP contribution in [0, 0.1) is 0 Å². The largest absolute Gasteiger partial charge is 0.401 e. The van der Waals surface area contributed by atoms with E-state index >= 15 is 0 Å². The van der Waals surface area contributed by atoms with Crippen molar-refractivity contribution in [2.75, 3.05) is 46.8 Å². The van der Waals surface area contributed by atoms with Crippen molar-refractivity contribution in [2.24, 2.45) is 0 Å². The van der Waals surface area contributed by atoms with Crippen molar-refractivity contribution in [3.63, 3.8) is 0 Å². The maximum Gasteiger partial charge on any atom is 0.401 e. The van der Waals surface area contributed by atoms with Crippen LogP contribution in [0.5, 0.6) is 0 Å². The molecule has 94 valence electrons. The molecule has 1 aliphatic heterocycles. The lowest BCUT2D eigenvalue weighted by Crippen LogP contribution is -2.53. The van der Waals surface area contributed by atoms with Crippen molar-refractivity contribution in [2.45, 2.75) is 6.18 Å². The van der Waals surface area contributed by atoms with E-state index in [0.29, 0.717) is 13.1 Å². The Morgan fingerprint density at radius 1 is 1.19 bits per heavy atom. The molecule has 0 unspecified atom stereocenters. The SMILES string of the molecule is CN(C)C(=O)N1CCN(CC(F)(F)F)CC1. The molecular weight excluding hydrogens is 223 g/mol. The Morgan fingerprint density at radius 3 is 2.06 bits per heavy atom. The van der Waals surface area contributed by atoms with Gasteiger partial charge in [0.15, 0.2) is 0 Å². The third-order valence-corrected chi connectivity index (χ3v) is 2.43. The van der Waals surface area contributed by atoms with Gasteiger partial charge in [0.05, 0.1) is 6.54 Å². The number of piperazine rings is 1. The third-order valence-electron chi connectivity index (χ3n) is 2.43. The normalized spacial score (nSPS) is 18.7. The highest BCUT2D eigenvalue weighted by atomic mass is 19.4. The van der Waals surface area contributed by atoms with Crippen LogP contribution in [-0.4, -0.2) is 73.7 Å². The van der Waals surface area contributed by atoms with E-state index in [1.54, 1.807) is 19.0 Å². The number of amides is 2. The number of carbonyl (C=O) groups is 1. The van der Waals surface area contributed by atoms with Crippen molar-refractivity contribution < 1.29 is 18.0 Å². The molecule has 0 saturated carbocycles. The summed E-state index contributed by atoms with van der Waals surface area (Å²) in [5.41, 5.74) is 0. The molecule has 0 aromatic rings. The highest BCUT2D eigenvalue weighted by molar-refractivity contribution is 5.73. The Labute approximate surface area is 92.6 Å². The summed E-state index contributed by atoms with van der Waals surface area (Å²) >= 11 is 0. The monoisotopic (exact) mass is 239 g/mol. The van der Waals surface area contributed by atoms with Crippen LogP contribution in [0.25, 0.3) is 0 Å². The molecule has 4 nitrogen and oxygen atoms in total. The highest BCUT2D eigenvalue weighted by Gasteiger charge is 2.32. The summed E-state index contributed by atoms with van der Waals surface area (Å²) in [4.78, 5) is 15.8. The Balaban J connectivity index is 2.37. The van der Waals surface area contributed by atoms with E-state index < -0.39 is 12.7 Å². The number of hydrogen-bond acceptors (Lipinski definition) is 2. The lowest BCUT2D eigenvalue weighted by molar-refractivity contribution is -0.148. The number of rotatable bonds is 1. The number of hydrogen-bond donors (Lipinski definition) is 0. The summed E-state index contributed by atoms with van der Waals surface area (Å²) in [6.45, 7) is 0.370. The van der Waals surface area contributed by atoms with E-state index in [1.165, 1.54) is 9.80 Å². The number of urea groups is 1. The van der Waals surface area contributed by atoms with Crippen molar-refractivity contribution in [3.8, 4) is 0 Å². The maximum absolute atomic E-state index is 12.1. The smallest absolute Gasteiger partial charge is 0.331 e. The zero-order valence-electron chi connectivity index (χ0n) is 9.42. The van der Waals surface area contributed by atoms with Crippen LogP contribution in [0.1, 0.15) is 0 Å². The molecule has 0 radical (unpaired) electrons. The predicted octanol–water partition coefficient (Wildman–Crippen LogP) is 0.848. The quantitative estimate of drug-likeness (QED) is 0.678. The average molecular weight is 239 g/mol. The minimum Gasteiger partial charge on any atom is -0.331 e. The van der Waals surface area contributed by atoms with Crippen molar-refractivity contribution in [1.29, 1.82) is 0 Å². The van der Waals surface area contributed by atoms with E-state index in [9.17, 15) is 18.0 Å². The molecule has 16 heavy (non-hydrogen) atoms. The minimum atomic E-state index is -4.16. The topological polar surface area (TPSA) is 26.8 Å². The molecule has 1 saturated heterocycles. The molecule has 0 aromatic heterocycles. The van der Waals surface area contributed by atoms with E-state index in [1.807, 2.05) is 0 Å². The first-order valence-electron chi connectivity index (χ1n) is 5.05. The first-order valence-corrected chi connectivity index (χ1v) is 5.05. The van der Waals surface area contributed by atoms with E-state index in [4.69, 9.17) is 0 Å². The summed E-state index contributed by atoms with van der Waals surface area (Å²) in [5, 5.41) is 0. The second-order valence-corrected chi connectivity index (χ2v) is 4.06. The van der Waals surface area contributed by atoms with Crippen LogP contribution in [-0.2, 0) is 0 Å². The Kier molecular flexibility index (Phi) is 4.01. The molecule has 1 fully saturated rings. The fourth-order valence-electron chi connectivity index (χ4n) is 1.63. The number of halogens is 3. The van der Waals surface area contributed by atoms with Gasteiger partial charge in [-0.1, -0.05) is 0 Å². The van der Waals surface area contributed by atoms with Gasteiger partial charge in [-0.15, -0.1) is 0 Å². The Bertz CT molecular complexity index is 247. The molecule has 7 heteroatoms. The molecular formula is C9H16F3N3O. The van der Waals surface area contributed by atoms with E-state index in [0.717, 1.165) is 0 Å². The number of carbonyl (C=O) groups excluding carboxylic acids is 1. The van der Waals surface area contributed by atoms with Gasteiger partial charge in [0, 0.05) is 40.3 Å². The van der Waals surface area contributed by atoms with Crippen LogP contribution in [0.3, 0.4) is 0 Å². The molecule has 0 spiro atoms.